The first-order valence-electron chi connectivity index (χ1n) is 10.7. The van der Waals surface area contributed by atoms with E-state index < -0.39 is 34.6 Å². The van der Waals surface area contributed by atoms with E-state index in [2.05, 4.69) is 6.07 Å². The topological polar surface area (TPSA) is 86.2 Å². The molecule has 2 N–H and O–H groups in total. The third kappa shape index (κ3) is 3.89. The molecule has 0 amide bonds. The molecular formula is C27H21F3N2O3. The van der Waals surface area contributed by atoms with E-state index in [0.29, 0.717) is 28.1 Å². The van der Waals surface area contributed by atoms with Crippen LogP contribution in [0.5, 0.6) is 5.75 Å². The van der Waals surface area contributed by atoms with E-state index in [0.717, 1.165) is 6.07 Å². The number of aromatic carboxylic acids is 1. The van der Waals surface area contributed by atoms with Gasteiger partial charge in [0.05, 0.1) is 22.5 Å². The summed E-state index contributed by atoms with van der Waals surface area (Å²) in [4.78, 5) is 11.4. The highest BCUT2D eigenvalue weighted by Gasteiger charge is 2.34. The number of carbonyl (C=O) groups is 1. The monoisotopic (exact) mass is 478 g/mol. The number of halogens is 3. The highest BCUT2D eigenvalue weighted by molar-refractivity contribution is 6.04. The van der Waals surface area contributed by atoms with Gasteiger partial charge in [-0.1, -0.05) is 26.0 Å². The molecule has 0 aliphatic carbocycles. The zero-order valence-electron chi connectivity index (χ0n) is 19.2. The lowest BCUT2D eigenvalue weighted by Gasteiger charge is -2.27. The lowest BCUT2D eigenvalue weighted by molar-refractivity contribution is 0.0697. The molecule has 35 heavy (non-hydrogen) atoms. The van der Waals surface area contributed by atoms with Gasteiger partial charge < -0.3 is 14.8 Å². The molecule has 0 saturated heterocycles. The first-order chi connectivity index (χ1) is 16.5. The molecule has 0 fully saturated rings. The van der Waals surface area contributed by atoms with Crippen molar-refractivity contribution < 1.29 is 28.2 Å². The Bertz CT molecular complexity index is 1530. The molecule has 4 aromatic rings. The van der Waals surface area contributed by atoms with Crippen LogP contribution in [-0.2, 0) is 5.41 Å². The average molecular weight is 478 g/mol. The summed E-state index contributed by atoms with van der Waals surface area (Å²) in [5, 5.41) is 29.6. The number of phenols is 1. The maximum atomic E-state index is 14.6. The van der Waals surface area contributed by atoms with Crippen LogP contribution in [0.1, 0.15) is 41.9 Å². The van der Waals surface area contributed by atoms with Crippen LogP contribution in [0.25, 0.3) is 27.7 Å². The number of rotatable bonds is 5. The van der Waals surface area contributed by atoms with Gasteiger partial charge in [0.15, 0.2) is 11.6 Å². The fourth-order valence-electron chi connectivity index (χ4n) is 4.39. The first kappa shape index (κ1) is 23.9. The molecule has 0 saturated carbocycles. The smallest absolute Gasteiger partial charge is 0.335 e. The van der Waals surface area contributed by atoms with Gasteiger partial charge in [0.1, 0.15) is 5.82 Å². The number of carboxylic acids is 1. The molecule has 0 bridgehead atoms. The van der Waals surface area contributed by atoms with Crippen molar-refractivity contribution in [1.82, 2.24) is 4.57 Å². The van der Waals surface area contributed by atoms with Gasteiger partial charge in [0.2, 0.25) is 5.82 Å². The summed E-state index contributed by atoms with van der Waals surface area (Å²) in [6, 6.07) is 13.1. The molecule has 0 spiro atoms. The minimum absolute atomic E-state index is 0.00466. The quantitative estimate of drug-likeness (QED) is 0.338. The van der Waals surface area contributed by atoms with Gasteiger partial charge in [-0.15, -0.1) is 0 Å². The minimum atomic E-state index is -1.43. The SMILES string of the molecule is Cc1cc(-n2c(C(C)(C)CC#N)c(-c3ccc(C(=O)O)cc3)c3c(O)c(F)c(F)cc32)ccc1F. The van der Waals surface area contributed by atoms with Crippen LogP contribution in [0.4, 0.5) is 13.2 Å². The summed E-state index contributed by atoms with van der Waals surface area (Å²) in [6.07, 6.45) is 0.00936. The van der Waals surface area contributed by atoms with Gasteiger partial charge in [0.25, 0.3) is 0 Å². The van der Waals surface area contributed by atoms with Crippen molar-refractivity contribution in [2.45, 2.75) is 32.6 Å². The Labute approximate surface area is 199 Å². The van der Waals surface area contributed by atoms with Crippen molar-refractivity contribution in [3.8, 4) is 28.6 Å². The van der Waals surface area contributed by atoms with E-state index in [9.17, 15) is 33.4 Å². The maximum Gasteiger partial charge on any atom is 0.335 e. The van der Waals surface area contributed by atoms with E-state index in [1.54, 1.807) is 25.3 Å². The number of benzene rings is 3. The number of nitrogens with zero attached hydrogens (tertiary/aromatic N) is 2. The van der Waals surface area contributed by atoms with Gasteiger partial charge >= 0.3 is 5.97 Å². The van der Waals surface area contributed by atoms with E-state index in [1.165, 1.54) is 42.5 Å². The fourth-order valence-corrected chi connectivity index (χ4v) is 4.39. The molecule has 8 heteroatoms. The molecular weight excluding hydrogens is 457 g/mol. The molecule has 0 unspecified atom stereocenters. The third-order valence-corrected chi connectivity index (χ3v) is 6.11. The maximum absolute atomic E-state index is 14.6. The number of carboxylic acid groups (broad SMARTS) is 1. The Hall–Kier alpha value is -4.25. The molecule has 0 aliphatic heterocycles. The van der Waals surface area contributed by atoms with Crippen molar-refractivity contribution in [3.63, 3.8) is 0 Å². The molecule has 5 nitrogen and oxygen atoms in total. The fraction of sp³-hybridized carbons (Fsp3) is 0.185. The van der Waals surface area contributed by atoms with Gasteiger partial charge in [-0.25, -0.2) is 13.6 Å². The highest BCUT2D eigenvalue weighted by atomic mass is 19.2. The summed E-state index contributed by atoms with van der Waals surface area (Å²) in [7, 11) is 0. The largest absolute Gasteiger partial charge is 0.504 e. The lowest BCUT2D eigenvalue weighted by Crippen LogP contribution is -2.22. The molecule has 0 radical (unpaired) electrons. The number of hydrogen-bond donors (Lipinski definition) is 2. The summed E-state index contributed by atoms with van der Waals surface area (Å²) in [5.41, 5.74) is 1.16. The highest BCUT2D eigenvalue weighted by Crippen LogP contribution is 2.48. The average Bonchev–Trinajstić information content (AvgIpc) is 3.15. The van der Waals surface area contributed by atoms with Gasteiger partial charge in [-0.2, -0.15) is 9.65 Å². The molecule has 0 aliphatic rings. The van der Waals surface area contributed by atoms with Gasteiger partial charge in [-0.3, -0.25) is 0 Å². The Morgan fingerprint density at radius 3 is 2.29 bits per heavy atom. The summed E-state index contributed by atoms with van der Waals surface area (Å²) < 4.78 is 44.8. The second kappa shape index (κ2) is 8.51. The number of hydrogen-bond acceptors (Lipinski definition) is 3. The second-order valence-corrected chi connectivity index (χ2v) is 9.01. The van der Waals surface area contributed by atoms with Crippen LogP contribution < -0.4 is 0 Å². The number of aromatic nitrogens is 1. The molecule has 0 atom stereocenters. The van der Waals surface area contributed by atoms with Crippen LogP contribution in [0, 0.1) is 35.7 Å². The summed E-state index contributed by atoms with van der Waals surface area (Å²) >= 11 is 0. The number of fused-ring (bicyclic) bond motifs is 1. The van der Waals surface area contributed by atoms with E-state index in [-0.39, 0.29) is 22.9 Å². The summed E-state index contributed by atoms with van der Waals surface area (Å²) in [6.45, 7) is 5.11. The lowest BCUT2D eigenvalue weighted by atomic mass is 9.81. The minimum Gasteiger partial charge on any atom is -0.504 e. The van der Waals surface area contributed by atoms with Crippen molar-refractivity contribution >= 4 is 16.9 Å². The number of nitriles is 1. The zero-order chi connectivity index (χ0) is 25.7. The first-order valence-corrected chi connectivity index (χ1v) is 10.7. The zero-order valence-corrected chi connectivity index (χ0v) is 19.2. The molecule has 4 rings (SSSR count). The van der Waals surface area contributed by atoms with E-state index >= 15 is 0 Å². The van der Waals surface area contributed by atoms with Crippen LogP contribution >= 0.6 is 0 Å². The van der Waals surface area contributed by atoms with Gasteiger partial charge in [-0.05, 0) is 48.4 Å². The van der Waals surface area contributed by atoms with E-state index in [4.69, 9.17) is 0 Å². The van der Waals surface area contributed by atoms with Crippen molar-refractivity contribution in [1.29, 1.82) is 5.26 Å². The Balaban J connectivity index is 2.24. The standard InChI is InChI=1S/C27H21F3N2O3/c1-14-12-17(8-9-18(14)28)32-20-13-19(29)23(30)24(33)22(20)21(25(32)27(2,3)10-11-31)15-4-6-16(7-5-15)26(34)35/h4-9,12-13,33H,10H2,1-3H3,(H,34,35). The second-order valence-electron chi connectivity index (χ2n) is 9.01. The molecule has 1 heterocycles. The van der Waals surface area contributed by atoms with Crippen LogP contribution in [-0.4, -0.2) is 20.7 Å². The normalized spacial score (nSPS) is 11.6. The Kier molecular flexibility index (Phi) is 5.81. The van der Waals surface area contributed by atoms with Crippen molar-refractivity contribution in [3.05, 3.63) is 82.8 Å². The Morgan fingerprint density at radius 2 is 1.71 bits per heavy atom. The van der Waals surface area contributed by atoms with Crippen LogP contribution in [0.15, 0.2) is 48.5 Å². The predicted molar refractivity (Wildman–Crippen MR) is 125 cm³/mol. The van der Waals surface area contributed by atoms with Crippen LogP contribution in [0.2, 0.25) is 0 Å². The Morgan fingerprint density at radius 1 is 1.06 bits per heavy atom. The van der Waals surface area contributed by atoms with Gasteiger partial charge in [0, 0.05) is 34.8 Å². The molecule has 3 aromatic carbocycles. The number of aryl methyl sites for hydroxylation is 1. The number of aromatic hydroxyl groups is 1. The number of phenolic OH excluding ortho intramolecular Hbond substituents is 1. The third-order valence-electron chi connectivity index (χ3n) is 6.11. The molecule has 178 valence electrons. The summed E-state index contributed by atoms with van der Waals surface area (Å²) in [5.74, 6) is -5.21. The van der Waals surface area contributed by atoms with E-state index in [1.807, 2.05) is 0 Å². The molecule has 1 aromatic heterocycles. The van der Waals surface area contributed by atoms with Crippen molar-refractivity contribution in [2.24, 2.45) is 0 Å². The van der Waals surface area contributed by atoms with Crippen molar-refractivity contribution in [2.75, 3.05) is 0 Å². The predicted octanol–water partition coefficient (Wildman–Crippen LogP) is 6.62. The van der Waals surface area contributed by atoms with Crippen LogP contribution in [0.3, 0.4) is 0 Å².